The number of ketones is 1. The van der Waals surface area contributed by atoms with Gasteiger partial charge in [0.1, 0.15) is 0 Å². The number of hydrogen-bond acceptors (Lipinski definition) is 4. The first-order chi connectivity index (χ1) is 7.99. The van der Waals surface area contributed by atoms with Crippen LogP contribution in [-0.2, 0) is 11.2 Å². The van der Waals surface area contributed by atoms with Gasteiger partial charge in [-0.15, -0.1) is 0 Å². The second kappa shape index (κ2) is 3.97. The van der Waals surface area contributed by atoms with Gasteiger partial charge in [0.2, 0.25) is 0 Å². The first kappa shape index (κ1) is 11.3. The van der Waals surface area contributed by atoms with E-state index in [1.807, 2.05) is 0 Å². The van der Waals surface area contributed by atoms with Crippen LogP contribution >= 0.6 is 0 Å². The van der Waals surface area contributed by atoms with E-state index in [2.05, 4.69) is 0 Å². The zero-order chi connectivity index (χ0) is 12.6. The lowest BCUT2D eigenvalue weighted by molar-refractivity contribution is -0.384. The number of fused-ring (bicyclic) bond motifs is 1. The van der Waals surface area contributed by atoms with Crippen LogP contribution in [0.1, 0.15) is 22.3 Å². The van der Waals surface area contributed by atoms with Crippen molar-refractivity contribution in [3.05, 3.63) is 39.4 Å². The Bertz CT molecular complexity index is 523. The summed E-state index contributed by atoms with van der Waals surface area (Å²) in [5.74, 6) is -1.94. The summed E-state index contributed by atoms with van der Waals surface area (Å²) in [4.78, 5) is 32.4. The first-order valence-corrected chi connectivity index (χ1v) is 5.02. The summed E-state index contributed by atoms with van der Waals surface area (Å²) in [6, 6.07) is 4.07. The van der Waals surface area contributed by atoms with E-state index in [4.69, 9.17) is 5.11 Å². The Labute approximate surface area is 96.0 Å². The van der Waals surface area contributed by atoms with Crippen LogP contribution in [0.15, 0.2) is 18.2 Å². The van der Waals surface area contributed by atoms with Crippen LogP contribution < -0.4 is 0 Å². The molecule has 1 aliphatic carbocycles. The smallest absolute Gasteiger partial charge is 0.304 e. The molecule has 0 amide bonds. The monoisotopic (exact) mass is 235 g/mol. The van der Waals surface area contributed by atoms with Crippen LogP contribution in [0.3, 0.4) is 0 Å². The molecule has 0 aromatic heterocycles. The van der Waals surface area contributed by atoms with Gasteiger partial charge in [0, 0.05) is 23.6 Å². The number of benzene rings is 1. The van der Waals surface area contributed by atoms with Gasteiger partial charge in [-0.05, 0) is 12.0 Å². The topological polar surface area (TPSA) is 97.5 Å². The van der Waals surface area contributed by atoms with Gasteiger partial charge in [0.25, 0.3) is 5.69 Å². The molecule has 0 saturated heterocycles. The molecule has 0 bridgehead atoms. The highest BCUT2D eigenvalue weighted by atomic mass is 16.6. The predicted octanol–water partition coefficient (Wildman–Crippen LogP) is 1.42. The molecule has 1 aliphatic rings. The van der Waals surface area contributed by atoms with E-state index < -0.39 is 16.8 Å². The van der Waals surface area contributed by atoms with Crippen molar-refractivity contribution in [1.82, 2.24) is 0 Å². The fourth-order valence-corrected chi connectivity index (χ4v) is 2.04. The third-order valence-electron chi connectivity index (χ3n) is 2.83. The Morgan fingerprint density at radius 3 is 2.82 bits per heavy atom. The number of carbonyl (C=O) groups is 2. The molecular formula is C11H9NO5. The van der Waals surface area contributed by atoms with Gasteiger partial charge in [-0.3, -0.25) is 19.7 Å². The Kier molecular flexibility index (Phi) is 2.63. The Hall–Kier alpha value is -2.24. The standard InChI is InChI=1S/C11H9NO5/c13-10(14)4-7-3-6-1-2-8(12(16)17)5-9(6)11(7)15/h1-2,5,7H,3-4H2,(H,13,14). The minimum Gasteiger partial charge on any atom is -0.481 e. The van der Waals surface area contributed by atoms with E-state index >= 15 is 0 Å². The maximum absolute atomic E-state index is 11.8. The fourth-order valence-electron chi connectivity index (χ4n) is 2.04. The molecule has 1 aromatic carbocycles. The van der Waals surface area contributed by atoms with Crippen molar-refractivity contribution in [3.8, 4) is 0 Å². The van der Waals surface area contributed by atoms with Crippen molar-refractivity contribution in [1.29, 1.82) is 0 Å². The maximum atomic E-state index is 11.8. The summed E-state index contributed by atoms with van der Waals surface area (Å²) in [6.45, 7) is 0. The summed E-state index contributed by atoms with van der Waals surface area (Å²) < 4.78 is 0. The van der Waals surface area contributed by atoms with E-state index in [1.165, 1.54) is 18.2 Å². The second-order valence-electron chi connectivity index (χ2n) is 3.96. The Morgan fingerprint density at radius 1 is 1.53 bits per heavy atom. The average molecular weight is 235 g/mol. The molecule has 6 nitrogen and oxygen atoms in total. The third-order valence-corrected chi connectivity index (χ3v) is 2.83. The summed E-state index contributed by atoms with van der Waals surface area (Å²) in [7, 11) is 0. The number of hydrogen-bond donors (Lipinski definition) is 1. The molecule has 0 aliphatic heterocycles. The molecule has 1 N–H and O–H groups in total. The van der Waals surface area contributed by atoms with Gasteiger partial charge in [0.05, 0.1) is 11.3 Å². The van der Waals surface area contributed by atoms with Crippen LogP contribution in [0.5, 0.6) is 0 Å². The molecule has 17 heavy (non-hydrogen) atoms. The number of aliphatic carboxylic acids is 1. The first-order valence-electron chi connectivity index (χ1n) is 5.02. The number of nitro groups is 1. The van der Waals surface area contributed by atoms with Crippen LogP contribution in [0.4, 0.5) is 5.69 Å². The van der Waals surface area contributed by atoms with Crippen molar-refractivity contribution in [2.75, 3.05) is 0 Å². The summed E-state index contributed by atoms with van der Waals surface area (Å²) >= 11 is 0. The van der Waals surface area contributed by atoms with Gasteiger partial charge in [-0.25, -0.2) is 0 Å². The van der Waals surface area contributed by atoms with Gasteiger partial charge in [0.15, 0.2) is 5.78 Å². The minimum absolute atomic E-state index is 0.145. The largest absolute Gasteiger partial charge is 0.481 e. The van der Waals surface area contributed by atoms with Crippen molar-refractivity contribution in [2.24, 2.45) is 5.92 Å². The summed E-state index contributed by atoms with van der Waals surface area (Å²) in [6.07, 6.45) is 0.111. The van der Waals surface area contributed by atoms with Gasteiger partial charge in [-0.1, -0.05) is 6.07 Å². The molecule has 0 spiro atoms. The number of nitro benzene ring substituents is 1. The third kappa shape index (κ3) is 2.01. The molecule has 0 radical (unpaired) electrons. The molecule has 0 saturated carbocycles. The molecule has 0 heterocycles. The lowest BCUT2D eigenvalue weighted by Crippen LogP contribution is -2.13. The van der Waals surface area contributed by atoms with Crippen molar-refractivity contribution in [3.63, 3.8) is 0 Å². The van der Waals surface area contributed by atoms with Gasteiger partial charge >= 0.3 is 5.97 Å². The maximum Gasteiger partial charge on any atom is 0.304 e. The SMILES string of the molecule is O=C(O)CC1Cc2ccc([N+](=O)[O-])cc2C1=O. The van der Waals surface area contributed by atoms with E-state index in [0.29, 0.717) is 12.0 Å². The molecule has 0 fully saturated rings. The van der Waals surface area contributed by atoms with Crippen molar-refractivity contribution in [2.45, 2.75) is 12.8 Å². The quantitative estimate of drug-likeness (QED) is 0.631. The zero-order valence-electron chi connectivity index (χ0n) is 8.75. The number of Topliss-reactive ketones (excluding diaryl/α,β-unsaturated/α-hetero) is 1. The van der Waals surface area contributed by atoms with Crippen molar-refractivity contribution < 1.29 is 19.6 Å². The molecule has 2 rings (SSSR count). The number of nitrogens with zero attached hydrogens (tertiary/aromatic N) is 1. The van der Waals surface area contributed by atoms with Crippen LogP contribution in [0, 0.1) is 16.0 Å². The highest BCUT2D eigenvalue weighted by Crippen LogP contribution is 2.31. The number of rotatable bonds is 3. The van der Waals surface area contributed by atoms with E-state index in [-0.39, 0.29) is 23.5 Å². The van der Waals surface area contributed by atoms with Gasteiger partial charge < -0.3 is 5.11 Å². The lowest BCUT2D eigenvalue weighted by atomic mass is 10.0. The normalized spacial score (nSPS) is 17.9. The number of carbonyl (C=O) groups excluding carboxylic acids is 1. The highest BCUT2D eigenvalue weighted by Gasteiger charge is 2.33. The average Bonchev–Trinajstić information content (AvgIpc) is 2.55. The Balaban J connectivity index is 2.32. The van der Waals surface area contributed by atoms with E-state index in [0.717, 1.165) is 0 Å². The summed E-state index contributed by atoms with van der Waals surface area (Å²) in [5.41, 5.74) is 0.824. The van der Waals surface area contributed by atoms with Crippen LogP contribution in [0.2, 0.25) is 0 Å². The number of carboxylic acid groups (broad SMARTS) is 1. The highest BCUT2D eigenvalue weighted by molar-refractivity contribution is 6.04. The Morgan fingerprint density at radius 2 is 2.24 bits per heavy atom. The summed E-state index contributed by atoms with van der Waals surface area (Å²) in [5, 5.41) is 19.2. The molecule has 1 atom stereocenters. The number of carboxylic acids is 1. The van der Waals surface area contributed by atoms with Crippen molar-refractivity contribution >= 4 is 17.4 Å². The molecular weight excluding hydrogens is 226 g/mol. The molecule has 88 valence electrons. The predicted molar refractivity (Wildman–Crippen MR) is 56.9 cm³/mol. The van der Waals surface area contributed by atoms with E-state index in [9.17, 15) is 19.7 Å². The number of non-ortho nitro benzene ring substituents is 1. The zero-order valence-corrected chi connectivity index (χ0v) is 8.75. The molecule has 1 aromatic rings. The van der Waals surface area contributed by atoms with E-state index in [1.54, 1.807) is 0 Å². The molecule has 6 heteroatoms. The van der Waals surface area contributed by atoms with Crippen LogP contribution in [-0.4, -0.2) is 21.8 Å². The van der Waals surface area contributed by atoms with Crippen LogP contribution in [0.25, 0.3) is 0 Å². The lowest BCUT2D eigenvalue weighted by Gasteiger charge is -2.01. The second-order valence-corrected chi connectivity index (χ2v) is 3.96. The van der Waals surface area contributed by atoms with Gasteiger partial charge in [-0.2, -0.15) is 0 Å². The molecule has 1 unspecified atom stereocenters. The minimum atomic E-state index is -1.04. The fraction of sp³-hybridized carbons (Fsp3) is 0.273.